The minimum absolute atomic E-state index is 0.0716. The average Bonchev–Trinajstić information content (AvgIpc) is 2.55. The Morgan fingerprint density at radius 3 is 2.33 bits per heavy atom. The monoisotopic (exact) mass is 347 g/mol. The van der Waals surface area contributed by atoms with Crippen LogP contribution in [0.3, 0.4) is 0 Å². The first-order valence-electron chi connectivity index (χ1n) is 7.72. The summed E-state index contributed by atoms with van der Waals surface area (Å²) in [6.45, 7) is 5.74. The Hall–Kier alpha value is -2.34. The molecule has 1 atom stereocenters. The lowest BCUT2D eigenvalue weighted by Crippen LogP contribution is -2.15. The van der Waals surface area contributed by atoms with Crippen molar-refractivity contribution >= 4 is 21.7 Å². The van der Waals surface area contributed by atoms with Gasteiger partial charge in [0.15, 0.2) is 0 Å². The molecule has 0 radical (unpaired) electrons. The number of benzene rings is 2. The van der Waals surface area contributed by atoms with Gasteiger partial charge in [-0.25, -0.2) is 13.2 Å². The summed E-state index contributed by atoms with van der Waals surface area (Å²) in [5.41, 5.74) is 1.80. The Kier molecular flexibility index (Phi) is 5.29. The van der Waals surface area contributed by atoms with E-state index in [1.807, 2.05) is 12.1 Å². The fourth-order valence-electron chi connectivity index (χ4n) is 2.39. The lowest BCUT2D eigenvalue weighted by molar-refractivity contribution is 0.0696. The lowest BCUT2D eigenvalue weighted by atomic mass is 9.99. The van der Waals surface area contributed by atoms with Gasteiger partial charge in [0.25, 0.3) is 10.0 Å². The largest absolute Gasteiger partial charge is 0.478 e. The van der Waals surface area contributed by atoms with Crippen LogP contribution in [0.25, 0.3) is 0 Å². The molecule has 0 saturated heterocycles. The summed E-state index contributed by atoms with van der Waals surface area (Å²) in [4.78, 5) is 11.3. The fourth-order valence-corrected chi connectivity index (χ4v) is 3.52. The highest BCUT2D eigenvalue weighted by molar-refractivity contribution is 7.92. The molecule has 0 fully saturated rings. The molecule has 2 rings (SSSR count). The topological polar surface area (TPSA) is 83.5 Å². The number of aromatic carboxylic acids is 1. The van der Waals surface area contributed by atoms with Gasteiger partial charge in [0.2, 0.25) is 0 Å². The highest BCUT2D eigenvalue weighted by Gasteiger charge is 2.18. The van der Waals surface area contributed by atoms with Crippen molar-refractivity contribution in [1.82, 2.24) is 0 Å². The minimum atomic E-state index is -3.77. The molecule has 2 aromatic carbocycles. The smallest absolute Gasteiger partial charge is 0.336 e. The van der Waals surface area contributed by atoms with Crippen molar-refractivity contribution in [2.45, 2.75) is 38.0 Å². The van der Waals surface area contributed by atoms with Crippen LogP contribution in [-0.4, -0.2) is 19.5 Å². The second-order valence-electron chi connectivity index (χ2n) is 5.77. The van der Waals surface area contributed by atoms with Crippen LogP contribution in [0, 0.1) is 6.92 Å². The number of carboxylic acid groups (broad SMARTS) is 1. The van der Waals surface area contributed by atoms with Crippen molar-refractivity contribution in [2.24, 2.45) is 0 Å². The molecule has 0 saturated carbocycles. The molecule has 128 valence electrons. The van der Waals surface area contributed by atoms with Gasteiger partial charge in [-0.05, 0) is 54.7 Å². The Morgan fingerprint density at radius 2 is 1.79 bits per heavy atom. The molecule has 2 aromatic rings. The summed E-state index contributed by atoms with van der Waals surface area (Å²) in [6.07, 6.45) is 0.978. The SMILES string of the molecule is CCC(C)c1ccc(S(=O)(=O)Nc2cccc(C(=O)O)c2C)cc1. The second-order valence-corrected chi connectivity index (χ2v) is 7.45. The zero-order valence-electron chi connectivity index (χ0n) is 13.9. The minimum Gasteiger partial charge on any atom is -0.478 e. The number of nitrogens with one attached hydrogen (secondary N) is 1. The predicted octanol–water partition coefficient (Wildman–Crippen LogP) is 4.01. The third-order valence-corrected chi connectivity index (χ3v) is 5.56. The molecule has 0 aliphatic rings. The zero-order valence-corrected chi connectivity index (χ0v) is 14.7. The van der Waals surface area contributed by atoms with Gasteiger partial charge in [-0.15, -0.1) is 0 Å². The van der Waals surface area contributed by atoms with Crippen LogP contribution >= 0.6 is 0 Å². The average molecular weight is 347 g/mol. The maximum atomic E-state index is 12.5. The summed E-state index contributed by atoms with van der Waals surface area (Å²) >= 11 is 0. The van der Waals surface area contributed by atoms with Crippen LogP contribution in [0.5, 0.6) is 0 Å². The Labute approximate surface area is 142 Å². The van der Waals surface area contributed by atoms with Gasteiger partial charge in [0, 0.05) is 0 Å². The number of hydrogen-bond acceptors (Lipinski definition) is 3. The highest BCUT2D eigenvalue weighted by Crippen LogP contribution is 2.24. The van der Waals surface area contributed by atoms with Gasteiger partial charge in [0.1, 0.15) is 0 Å². The molecular formula is C18H21NO4S. The molecule has 5 nitrogen and oxygen atoms in total. The summed E-state index contributed by atoms with van der Waals surface area (Å²) < 4.78 is 27.5. The van der Waals surface area contributed by atoms with Gasteiger partial charge in [-0.2, -0.15) is 0 Å². The number of sulfonamides is 1. The zero-order chi connectivity index (χ0) is 17.9. The molecule has 0 amide bonds. The maximum absolute atomic E-state index is 12.5. The van der Waals surface area contributed by atoms with E-state index in [0.29, 0.717) is 11.5 Å². The van der Waals surface area contributed by atoms with E-state index in [1.54, 1.807) is 25.1 Å². The molecule has 24 heavy (non-hydrogen) atoms. The van der Waals surface area contributed by atoms with E-state index in [9.17, 15) is 13.2 Å². The van der Waals surface area contributed by atoms with Crippen molar-refractivity contribution < 1.29 is 18.3 Å². The molecule has 2 N–H and O–H groups in total. The second kappa shape index (κ2) is 7.05. The molecule has 0 spiro atoms. The predicted molar refractivity (Wildman–Crippen MR) is 94.1 cm³/mol. The molecule has 0 aliphatic heterocycles. The summed E-state index contributed by atoms with van der Waals surface area (Å²) in [5, 5.41) is 9.13. The quantitative estimate of drug-likeness (QED) is 0.827. The normalized spacial score (nSPS) is 12.6. The van der Waals surface area contributed by atoms with Gasteiger partial charge in [0.05, 0.1) is 16.1 Å². The maximum Gasteiger partial charge on any atom is 0.336 e. The number of carboxylic acids is 1. The first-order chi connectivity index (χ1) is 11.3. The molecule has 0 aromatic heterocycles. The molecule has 0 bridgehead atoms. The van der Waals surface area contributed by atoms with E-state index in [0.717, 1.165) is 12.0 Å². The van der Waals surface area contributed by atoms with Crippen LogP contribution in [0.4, 0.5) is 5.69 Å². The van der Waals surface area contributed by atoms with E-state index in [4.69, 9.17) is 5.11 Å². The van der Waals surface area contributed by atoms with Crippen LogP contribution < -0.4 is 4.72 Å². The first-order valence-corrected chi connectivity index (χ1v) is 9.20. The van der Waals surface area contributed by atoms with Crippen molar-refractivity contribution in [3.05, 3.63) is 59.2 Å². The van der Waals surface area contributed by atoms with Gasteiger partial charge in [-0.1, -0.05) is 32.0 Å². The number of hydrogen-bond donors (Lipinski definition) is 2. The number of anilines is 1. The van der Waals surface area contributed by atoms with Gasteiger partial charge < -0.3 is 5.11 Å². The first kappa shape index (κ1) is 18.0. The Balaban J connectivity index is 2.32. The summed E-state index contributed by atoms with van der Waals surface area (Å²) in [5.74, 6) is -0.726. The van der Waals surface area contributed by atoms with E-state index < -0.39 is 16.0 Å². The third kappa shape index (κ3) is 3.76. The fraction of sp³-hybridized carbons (Fsp3) is 0.278. The molecule has 0 aliphatic carbocycles. The Bertz CT molecular complexity index is 842. The molecule has 1 unspecified atom stereocenters. The van der Waals surface area contributed by atoms with Crippen LogP contribution in [-0.2, 0) is 10.0 Å². The molecule has 0 heterocycles. The lowest BCUT2D eigenvalue weighted by Gasteiger charge is -2.13. The molecule has 6 heteroatoms. The summed E-state index contributed by atoms with van der Waals surface area (Å²) in [7, 11) is -3.77. The third-order valence-electron chi connectivity index (χ3n) is 4.18. The van der Waals surface area contributed by atoms with Crippen LogP contribution in [0.1, 0.15) is 47.7 Å². The number of rotatable bonds is 6. The summed E-state index contributed by atoms with van der Waals surface area (Å²) in [6, 6.07) is 11.3. The van der Waals surface area contributed by atoms with Crippen LogP contribution in [0.2, 0.25) is 0 Å². The van der Waals surface area contributed by atoms with Crippen molar-refractivity contribution in [3.63, 3.8) is 0 Å². The van der Waals surface area contributed by atoms with E-state index >= 15 is 0 Å². The van der Waals surface area contributed by atoms with E-state index in [-0.39, 0.29) is 16.1 Å². The van der Waals surface area contributed by atoms with E-state index in [1.165, 1.54) is 12.1 Å². The molecular weight excluding hydrogens is 326 g/mol. The standard InChI is InChI=1S/C18H21NO4S/c1-4-12(2)14-8-10-15(11-9-14)24(22,23)19-17-7-5-6-16(13(17)3)18(20)21/h5-12,19H,4H2,1-3H3,(H,20,21). The van der Waals surface area contributed by atoms with E-state index in [2.05, 4.69) is 18.6 Å². The van der Waals surface area contributed by atoms with Crippen molar-refractivity contribution in [2.75, 3.05) is 4.72 Å². The highest BCUT2D eigenvalue weighted by atomic mass is 32.2. The van der Waals surface area contributed by atoms with Crippen LogP contribution in [0.15, 0.2) is 47.4 Å². The van der Waals surface area contributed by atoms with Gasteiger partial charge >= 0.3 is 5.97 Å². The van der Waals surface area contributed by atoms with Crippen molar-refractivity contribution in [1.29, 1.82) is 0 Å². The Morgan fingerprint density at radius 1 is 1.17 bits per heavy atom. The number of carbonyl (C=O) groups is 1. The van der Waals surface area contributed by atoms with Gasteiger partial charge in [-0.3, -0.25) is 4.72 Å². The van der Waals surface area contributed by atoms with Crippen molar-refractivity contribution in [3.8, 4) is 0 Å².